The Labute approximate surface area is 242 Å². The molecule has 0 aliphatic heterocycles. The summed E-state index contributed by atoms with van der Waals surface area (Å²) in [4.78, 5) is 12.6. The Bertz CT molecular complexity index is 981. The van der Waals surface area contributed by atoms with Gasteiger partial charge in [0.25, 0.3) is 0 Å². The first-order valence-corrected chi connectivity index (χ1v) is 15.9. The molecule has 4 nitrogen and oxygen atoms in total. The van der Waals surface area contributed by atoms with Crippen LogP contribution in [0.15, 0.2) is 42.5 Å². The summed E-state index contributed by atoms with van der Waals surface area (Å²) >= 11 is 0. The summed E-state index contributed by atoms with van der Waals surface area (Å²) in [5, 5.41) is 0. The molecule has 1 saturated carbocycles. The molecular weight excluding hydrogens is 503 g/mol. The number of unbranched alkanes of at least 4 members (excludes halogenated alkanes) is 5. The van der Waals surface area contributed by atoms with Gasteiger partial charge in [-0.15, -0.1) is 0 Å². The molecule has 1 aliphatic rings. The number of ether oxygens (including phenoxy) is 3. The third-order valence-corrected chi connectivity index (χ3v) is 8.20. The van der Waals surface area contributed by atoms with Crippen molar-refractivity contribution in [3.63, 3.8) is 0 Å². The number of carbonyl (C=O) groups excluding carboxylic acids is 1. The van der Waals surface area contributed by atoms with Gasteiger partial charge in [-0.1, -0.05) is 84.5 Å². The van der Waals surface area contributed by atoms with Crippen molar-refractivity contribution in [1.29, 1.82) is 0 Å². The quantitative estimate of drug-likeness (QED) is 0.104. The van der Waals surface area contributed by atoms with Gasteiger partial charge in [-0.2, -0.15) is 0 Å². The highest BCUT2D eigenvalue weighted by Crippen LogP contribution is 2.34. The van der Waals surface area contributed by atoms with Gasteiger partial charge in [-0.3, -0.25) is 0 Å². The zero-order valence-electron chi connectivity index (χ0n) is 25.1. The summed E-state index contributed by atoms with van der Waals surface area (Å²) in [6.07, 6.45) is 18.7. The molecule has 0 saturated heterocycles. The highest BCUT2D eigenvalue weighted by Gasteiger charge is 2.20. The standard InChI is InChI=1S/C35H51FO4/c1-4-6-8-10-12-27(3)39-34-24-19-30(26-33(34)36)35(37)40-32-22-20-31(21-23-32)38-25-11-14-29-17-15-28(16-18-29)13-9-7-5-2/h19-24,26-29H,4-18,25H2,1-3H3/t27-,28-,29-/m0/s1. The molecule has 1 fully saturated rings. The van der Waals surface area contributed by atoms with Gasteiger partial charge in [0, 0.05) is 0 Å². The summed E-state index contributed by atoms with van der Waals surface area (Å²) in [5.41, 5.74) is 0.149. The van der Waals surface area contributed by atoms with Gasteiger partial charge < -0.3 is 14.2 Å². The molecule has 3 rings (SSSR count). The van der Waals surface area contributed by atoms with E-state index in [4.69, 9.17) is 14.2 Å². The highest BCUT2D eigenvalue weighted by atomic mass is 19.1. The van der Waals surface area contributed by atoms with Crippen LogP contribution < -0.4 is 14.2 Å². The predicted molar refractivity (Wildman–Crippen MR) is 161 cm³/mol. The molecule has 0 aromatic heterocycles. The number of esters is 1. The lowest BCUT2D eigenvalue weighted by molar-refractivity contribution is 0.0734. The molecule has 0 bridgehead atoms. The van der Waals surface area contributed by atoms with E-state index in [-0.39, 0.29) is 17.4 Å². The Morgan fingerprint density at radius 2 is 1.45 bits per heavy atom. The van der Waals surface area contributed by atoms with Crippen molar-refractivity contribution in [2.45, 2.75) is 123 Å². The van der Waals surface area contributed by atoms with E-state index in [1.54, 1.807) is 18.2 Å². The SMILES string of the molecule is CCCCCC[C@H](C)Oc1ccc(C(=O)Oc2ccc(OCCC[C@H]3CC[C@H](CCCCC)CC3)cc2)cc1F. The van der Waals surface area contributed by atoms with Crippen molar-refractivity contribution >= 4 is 5.97 Å². The van der Waals surface area contributed by atoms with Gasteiger partial charge in [0.15, 0.2) is 11.6 Å². The van der Waals surface area contributed by atoms with Gasteiger partial charge in [0.1, 0.15) is 11.5 Å². The third kappa shape index (κ3) is 11.5. The molecular formula is C35H51FO4. The summed E-state index contributed by atoms with van der Waals surface area (Å²) < 4.78 is 31.7. The zero-order valence-corrected chi connectivity index (χ0v) is 25.1. The second kappa shape index (κ2) is 18.0. The highest BCUT2D eigenvalue weighted by molar-refractivity contribution is 5.91. The molecule has 0 radical (unpaired) electrons. The Morgan fingerprint density at radius 1 is 0.825 bits per heavy atom. The Kier molecular flexibility index (Phi) is 14.4. The van der Waals surface area contributed by atoms with E-state index in [9.17, 15) is 9.18 Å². The first-order chi connectivity index (χ1) is 19.5. The molecule has 0 heterocycles. The maximum atomic E-state index is 14.6. The van der Waals surface area contributed by atoms with E-state index in [2.05, 4.69) is 13.8 Å². The fraction of sp³-hybridized carbons (Fsp3) is 0.629. The van der Waals surface area contributed by atoms with Crippen molar-refractivity contribution in [3.05, 3.63) is 53.8 Å². The minimum Gasteiger partial charge on any atom is -0.494 e. The number of hydrogen-bond donors (Lipinski definition) is 0. The molecule has 40 heavy (non-hydrogen) atoms. The number of halogens is 1. The van der Waals surface area contributed by atoms with Gasteiger partial charge in [-0.25, -0.2) is 9.18 Å². The smallest absolute Gasteiger partial charge is 0.343 e. The Morgan fingerprint density at radius 3 is 2.10 bits per heavy atom. The minimum atomic E-state index is -0.605. The van der Waals surface area contributed by atoms with Gasteiger partial charge in [-0.05, 0) is 86.9 Å². The monoisotopic (exact) mass is 554 g/mol. The number of carbonyl (C=O) groups is 1. The minimum absolute atomic E-state index is 0.0787. The van der Waals surface area contributed by atoms with E-state index in [1.807, 2.05) is 19.1 Å². The molecule has 0 unspecified atom stereocenters. The number of benzene rings is 2. The van der Waals surface area contributed by atoms with Crippen LogP contribution in [-0.2, 0) is 0 Å². The van der Waals surface area contributed by atoms with Crippen LogP contribution in [0.25, 0.3) is 0 Å². The molecule has 2 aromatic carbocycles. The lowest BCUT2D eigenvalue weighted by Crippen LogP contribution is -2.15. The number of rotatable bonds is 18. The topological polar surface area (TPSA) is 44.8 Å². The van der Waals surface area contributed by atoms with Crippen molar-refractivity contribution in [2.24, 2.45) is 11.8 Å². The van der Waals surface area contributed by atoms with Gasteiger partial charge in [0.2, 0.25) is 0 Å². The summed E-state index contributed by atoms with van der Waals surface area (Å²) in [7, 11) is 0. The van der Waals surface area contributed by atoms with E-state index in [0.717, 1.165) is 43.3 Å². The van der Waals surface area contributed by atoms with Gasteiger partial charge in [0.05, 0.1) is 18.3 Å². The van der Waals surface area contributed by atoms with Crippen molar-refractivity contribution in [3.8, 4) is 17.2 Å². The molecule has 222 valence electrons. The van der Waals surface area contributed by atoms with E-state index >= 15 is 0 Å². The van der Waals surface area contributed by atoms with Crippen molar-refractivity contribution in [1.82, 2.24) is 0 Å². The molecule has 5 heteroatoms. The van der Waals surface area contributed by atoms with Crippen LogP contribution >= 0.6 is 0 Å². The lowest BCUT2D eigenvalue weighted by atomic mass is 9.78. The third-order valence-electron chi connectivity index (χ3n) is 8.20. The van der Waals surface area contributed by atoms with E-state index < -0.39 is 11.8 Å². The fourth-order valence-corrected chi connectivity index (χ4v) is 5.68. The fourth-order valence-electron chi connectivity index (χ4n) is 5.68. The second-order valence-electron chi connectivity index (χ2n) is 11.7. The first-order valence-electron chi connectivity index (χ1n) is 15.9. The summed E-state index contributed by atoms with van der Waals surface area (Å²) in [5.74, 6) is 1.96. The molecule has 1 atom stereocenters. The van der Waals surface area contributed by atoms with E-state index in [1.165, 1.54) is 82.8 Å². The predicted octanol–water partition coefficient (Wildman–Crippen LogP) is 10.3. The average Bonchev–Trinajstić information content (AvgIpc) is 2.96. The molecule has 0 spiro atoms. The van der Waals surface area contributed by atoms with E-state index in [0.29, 0.717) is 12.4 Å². The second-order valence-corrected chi connectivity index (χ2v) is 11.7. The van der Waals surface area contributed by atoms with Crippen LogP contribution in [0.1, 0.15) is 127 Å². The van der Waals surface area contributed by atoms with Crippen LogP contribution in [0.5, 0.6) is 17.2 Å². The largest absolute Gasteiger partial charge is 0.494 e. The summed E-state index contributed by atoms with van der Waals surface area (Å²) in [6, 6.07) is 11.3. The number of hydrogen-bond acceptors (Lipinski definition) is 4. The Hall–Kier alpha value is -2.56. The summed E-state index contributed by atoms with van der Waals surface area (Å²) in [6.45, 7) is 7.09. The molecule has 0 N–H and O–H groups in total. The zero-order chi connectivity index (χ0) is 28.6. The van der Waals surface area contributed by atoms with Crippen molar-refractivity contribution < 1.29 is 23.4 Å². The van der Waals surface area contributed by atoms with Crippen molar-refractivity contribution in [2.75, 3.05) is 6.61 Å². The lowest BCUT2D eigenvalue weighted by Gasteiger charge is -2.28. The molecule has 0 amide bonds. The van der Waals surface area contributed by atoms with Crippen LogP contribution in [-0.4, -0.2) is 18.7 Å². The maximum Gasteiger partial charge on any atom is 0.343 e. The van der Waals surface area contributed by atoms with Crippen LogP contribution in [0.2, 0.25) is 0 Å². The first kappa shape index (κ1) is 32.0. The van der Waals surface area contributed by atoms with Crippen LogP contribution in [0, 0.1) is 17.7 Å². The normalized spacial score (nSPS) is 17.8. The molecule has 2 aromatic rings. The van der Waals surface area contributed by atoms with Crippen LogP contribution in [0.3, 0.4) is 0 Å². The average molecular weight is 555 g/mol. The van der Waals surface area contributed by atoms with Crippen LogP contribution in [0.4, 0.5) is 4.39 Å². The Balaban J connectivity index is 1.34. The molecule has 1 aliphatic carbocycles. The van der Waals surface area contributed by atoms with Gasteiger partial charge >= 0.3 is 5.97 Å². The maximum absolute atomic E-state index is 14.6.